The van der Waals surface area contributed by atoms with Gasteiger partial charge in [-0.3, -0.25) is 4.79 Å². The van der Waals surface area contributed by atoms with Crippen LogP contribution in [0.5, 0.6) is 0 Å². The van der Waals surface area contributed by atoms with Crippen molar-refractivity contribution in [3.05, 3.63) is 0 Å². The van der Waals surface area contributed by atoms with Crippen molar-refractivity contribution in [1.29, 1.82) is 0 Å². The summed E-state index contributed by atoms with van der Waals surface area (Å²) in [5.41, 5.74) is -0.605. The monoisotopic (exact) mass is 291 g/mol. The Kier molecular flexibility index (Phi) is 7.66. The Labute approximate surface area is 116 Å². The molecule has 0 atom stereocenters. The number of rotatable bonds is 8. The van der Waals surface area contributed by atoms with Crippen molar-refractivity contribution >= 4 is 13.2 Å². The molecule has 1 amide bonds. The fraction of sp³-hybridized carbons (Fsp3) is 0.923. The lowest BCUT2D eigenvalue weighted by Crippen LogP contribution is -2.26. The van der Waals surface area contributed by atoms with Crippen LogP contribution in [0.2, 0.25) is 0 Å². The second-order valence-electron chi connectivity index (χ2n) is 4.86. The van der Waals surface area contributed by atoms with E-state index in [9.17, 15) is 9.36 Å². The summed E-state index contributed by atoms with van der Waals surface area (Å²) in [6.07, 6.45) is 7.33. The van der Waals surface area contributed by atoms with E-state index in [0.717, 1.165) is 6.42 Å². The van der Waals surface area contributed by atoms with Crippen LogP contribution in [0.3, 0.4) is 0 Å². The Balaban J connectivity index is 2.33. The SMILES string of the molecule is CCOP(=O)(OCC)C(=O)NCCC1CCCCC1. The van der Waals surface area contributed by atoms with Crippen molar-refractivity contribution < 1.29 is 18.4 Å². The van der Waals surface area contributed by atoms with Gasteiger partial charge in [-0.2, -0.15) is 0 Å². The lowest BCUT2D eigenvalue weighted by Gasteiger charge is -2.22. The highest BCUT2D eigenvalue weighted by molar-refractivity contribution is 7.71. The van der Waals surface area contributed by atoms with Crippen LogP contribution in [0.15, 0.2) is 0 Å². The van der Waals surface area contributed by atoms with Crippen molar-refractivity contribution in [2.24, 2.45) is 5.92 Å². The highest BCUT2D eigenvalue weighted by Gasteiger charge is 2.33. The van der Waals surface area contributed by atoms with E-state index in [2.05, 4.69) is 5.32 Å². The normalized spacial score (nSPS) is 17.4. The average Bonchev–Trinajstić information content (AvgIpc) is 2.40. The smallest absolute Gasteiger partial charge is 0.346 e. The molecule has 1 N–H and O–H groups in total. The molecule has 1 rings (SSSR count). The second kappa shape index (κ2) is 8.72. The molecule has 0 aromatic rings. The van der Waals surface area contributed by atoms with Gasteiger partial charge in [0.15, 0.2) is 0 Å². The van der Waals surface area contributed by atoms with Gasteiger partial charge < -0.3 is 14.4 Å². The highest BCUT2D eigenvalue weighted by atomic mass is 31.2. The summed E-state index contributed by atoms with van der Waals surface area (Å²) >= 11 is 0. The Morgan fingerprint density at radius 2 is 1.74 bits per heavy atom. The standard InChI is InChI=1S/C13H26NO4P/c1-3-17-19(16,18-4-2)13(15)14-11-10-12-8-6-5-7-9-12/h12H,3-11H2,1-2H3,(H,14,15). The first-order valence-corrected chi connectivity index (χ1v) is 8.84. The molecule has 0 bridgehead atoms. The molecule has 5 nitrogen and oxygen atoms in total. The van der Waals surface area contributed by atoms with Crippen LogP contribution < -0.4 is 5.32 Å². The molecule has 6 heteroatoms. The first kappa shape index (κ1) is 16.7. The van der Waals surface area contributed by atoms with Crippen LogP contribution in [0.25, 0.3) is 0 Å². The Morgan fingerprint density at radius 3 is 2.26 bits per heavy atom. The molecule has 0 aromatic heterocycles. The number of amides is 1. The van der Waals surface area contributed by atoms with Crippen LogP contribution in [0, 0.1) is 5.92 Å². The maximum absolute atomic E-state index is 12.1. The third-order valence-electron chi connectivity index (χ3n) is 3.40. The molecule has 1 saturated carbocycles. The first-order valence-electron chi connectivity index (χ1n) is 7.30. The summed E-state index contributed by atoms with van der Waals surface area (Å²) in [4.78, 5) is 11.9. The molecule has 1 aliphatic carbocycles. The molecule has 1 aliphatic rings. The predicted molar refractivity (Wildman–Crippen MR) is 75.4 cm³/mol. The molecular formula is C13H26NO4P. The Hall–Kier alpha value is -0.380. The maximum atomic E-state index is 12.1. The van der Waals surface area contributed by atoms with E-state index in [1.54, 1.807) is 13.8 Å². The lowest BCUT2D eigenvalue weighted by atomic mass is 9.87. The van der Waals surface area contributed by atoms with Crippen LogP contribution in [0.4, 0.5) is 4.79 Å². The van der Waals surface area contributed by atoms with Gasteiger partial charge in [-0.15, -0.1) is 0 Å². The van der Waals surface area contributed by atoms with Gasteiger partial charge in [0.1, 0.15) is 0 Å². The van der Waals surface area contributed by atoms with Crippen molar-refractivity contribution in [3.8, 4) is 0 Å². The van der Waals surface area contributed by atoms with E-state index >= 15 is 0 Å². The maximum Gasteiger partial charge on any atom is 0.418 e. The molecule has 1 fully saturated rings. The van der Waals surface area contributed by atoms with Gasteiger partial charge >= 0.3 is 13.2 Å². The third-order valence-corrected chi connectivity index (χ3v) is 5.25. The van der Waals surface area contributed by atoms with Gasteiger partial charge in [0, 0.05) is 6.54 Å². The van der Waals surface area contributed by atoms with E-state index < -0.39 is 13.2 Å². The highest BCUT2D eigenvalue weighted by Crippen LogP contribution is 2.48. The molecule has 0 saturated heterocycles. The van der Waals surface area contributed by atoms with E-state index in [-0.39, 0.29) is 13.2 Å². The average molecular weight is 291 g/mol. The minimum Gasteiger partial charge on any atom is -0.346 e. The number of carbonyl (C=O) groups is 1. The molecule has 112 valence electrons. The molecule has 0 radical (unpaired) electrons. The summed E-state index contributed by atoms with van der Waals surface area (Å²) < 4.78 is 22.1. The topological polar surface area (TPSA) is 64.6 Å². The van der Waals surface area contributed by atoms with Crippen molar-refractivity contribution in [2.75, 3.05) is 19.8 Å². The number of nitrogens with one attached hydrogen (secondary N) is 1. The van der Waals surface area contributed by atoms with Gasteiger partial charge in [0.25, 0.3) is 0 Å². The summed E-state index contributed by atoms with van der Waals surface area (Å²) in [5.74, 6) is 0.688. The number of hydrogen-bond donors (Lipinski definition) is 1. The van der Waals surface area contributed by atoms with E-state index in [0.29, 0.717) is 12.5 Å². The van der Waals surface area contributed by atoms with Crippen molar-refractivity contribution in [3.63, 3.8) is 0 Å². The van der Waals surface area contributed by atoms with Crippen molar-refractivity contribution in [2.45, 2.75) is 52.4 Å². The lowest BCUT2D eigenvalue weighted by molar-refractivity contribution is 0.206. The zero-order valence-corrected chi connectivity index (χ0v) is 12.9. The summed E-state index contributed by atoms with van der Waals surface area (Å²) in [7, 11) is -3.63. The zero-order chi connectivity index (χ0) is 14.1. The van der Waals surface area contributed by atoms with Gasteiger partial charge in [-0.1, -0.05) is 32.1 Å². The summed E-state index contributed by atoms with van der Waals surface area (Å²) in [5, 5.41) is 2.69. The summed E-state index contributed by atoms with van der Waals surface area (Å²) in [6, 6.07) is 0. The predicted octanol–water partition coefficient (Wildman–Crippen LogP) is 3.93. The Morgan fingerprint density at radius 1 is 1.16 bits per heavy atom. The zero-order valence-electron chi connectivity index (χ0n) is 12.0. The minimum absolute atomic E-state index is 0.202. The van der Waals surface area contributed by atoms with E-state index in [4.69, 9.17) is 9.05 Å². The first-order chi connectivity index (χ1) is 9.12. The third kappa shape index (κ3) is 5.64. The molecule has 0 unspecified atom stereocenters. The van der Waals surface area contributed by atoms with Crippen LogP contribution >= 0.6 is 7.60 Å². The molecule has 0 heterocycles. The summed E-state index contributed by atoms with van der Waals surface area (Å²) in [6.45, 7) is 4.34. The van der Waals surface area contributed by atoms with Crippen LogP contribution in [-0.4, -0.2) is 25.4 Å². The number of carbonyl (C=O) groups excluding carboxylic acids is 1. The van der Waals surface area contributed by atoms with E-state index in [1.165, 1.54) is 32.1 Å². The molecule has 0 aromatic carbocycles. The fourth-order valence-electron chi connectivity index (χ4n) is 2.45. The number of hydrogen-bond acceptors (Lipinski definition) is 4. The fourth-order valence-corrected chi connectivity index (χ4v) is 3.74. The van der Waals surface area contributed by atoms with Crippen molar-refractivity contribution in [1.82, 2.24) is 5.32 Å². The largest absolute Gasteiger partial charge is 0.418 e. The molecule has 19 heavy (non-hydrogen) atoms. The van der Waals surface area contributed by atoms with Gasteiger partial charge in [-0.25, -0.2) is 4.57 Å². The van der Waals surface area contributed by atoms with Crippen LogP contribution in [-0.2, 0) is 13.6 Å². The molecular weight excluding hydrogens is 265 g/mol. The van der Waals surface area contributed by atoms with Gasteiger partial charge in [-0.05, 0) is 26.2 Å². The Bertz CT molecular complexity index is 306. The van der Waals surface area contributed by atoms with Crippen LogP contribution in [0.1, 0.15) is 52.4 Å². The second-order valence-corrected chi connectivity index (χ2v) is 6.78. The van der Waals surface area contributed by atoms with Gasteiger partial charge in [0.05, 0.1) is 13.2 Å². The quantitative estimate of drug-likeness (QED) is 0.688. The van der Waals surface area contributed by atoms with E-state index in [1.807, 2.05) is 0 Å². The molecule has 0 aliphatic heterocycles. The molecule has 0 spiro atoms. The van der Waals surface area contributed by atoms with Gasteiger partial charge in [0.2, 0.25) is 0 Å². The minimum atomic E-state index is -3.63.